The van der Waals surface area contributed by atoms with Crippen LogP contribution in [0.3, 0.4) is 0 Å². The van der Waals surface area contributed by atoms with Gasteiger partial charge in [0.1, 0.15) is 4.60 Å². The zero-order valence-electron chi connectivity index (χ0n) is 7.20. The monoisotopic (exact) mass is 246 g/mol. The van der Waals surface area contributed by atoms with E-state index in [1.165, 1.54) is 6.42 Å². The molecule has 1 fully saturated rings. The molecule has 13 heavy (non-hydrogen) atoms. The normalized spacial score (nSPS) is 19.2. The van der Waals surface area contributed by atoms with Crippen LogP contribution in [0.25, 0.3) is 0 Å². The van der Waals surface area contributed by atoms with E-state index in [-0.39, 0.29) is 0 Å². The highest BCUT2D eigenvalue weighted by atomic mass is 79.9. The van der Waals surface area contributed by atoms with Crippen LogP contribution in [-0.2, 0) is 11.4 Å². The van der Waals surface area contributed by atoms with E-state index in [1.807, 2.05) is 11.1 Å². The minimum absolute atomic E-state index is 0.679. The minimum Gasteiger partial charge on any atom is -0.359 e. The predicted molar refractivity (Wildman–Crippen MR) is 49.8 cm³/mol. The Hall–Kier alpha value is -0.390. The first kappa shape index (κ1) is 9.18. The van der Waals surface area contributed by atoms with Crippen LogP contribution < -0.4 is 0 Å². The van der Waals surface area contributed by atoms with Gasteiger partial charge in [0, 0.05) is 12.6 Å². The quantitative estimate of drug-likeness (QED) is 0.800. The van der Waals surface area contributed by atoms with Crippen molar-refractivity contribution in [2.45, 2.75) is 19.4 Å². The van der Waals surface area contributed by atoms with Crippen molar-refractivity contribution < 1.29 is 9.36 Å². The van der Waals surface area contributed by atoms with Gasteiger partial charge in [0.2, 0.25) is 0 Å². The Morgan fingerprint density at radius 2 is 2.46 bits per heavy atom. The maximum atomic E-state index is 5.42. The average Bonchev–Trinajstić information content (AvgIpc) is 2.53. The molecule has 0 aromatic carbocycles. The summed E-state index contributed by atoms with van der Waals surface area (Å²) in [6.45, 7) is 2.46. The van der Waals surface area contributed by atoms with Crippen LogP contribution in [0.5, 0.6) is 0 Å². The molecule has 0 N–H and O–H groups in total. The van der Waals surface area contributed by atoms with E-state index in [9.17, 15) is 0 Å². The molecule has 1 aliphatic rings. The van der Waals surface area contributed by atoms with Gasteiger partial charge in [0.25, 0.3) is 0 Å². The Kier molecular flexibility index (Phi) is 2.97. The van der Waals surface area contributed by atoms with Gasteiger partial charge in [-0.1, -0.05) is 5.16 Å². The third-order valence-corrected chi connectivity index (χ3v) is 2.31. The molecule has 1 aromatic rings. The summed E-state index contributed by atoms with van der Waals surface area (Å²) in [5.41, 5.74) is 0. The Morgan fingerprint density at radius 1 is 1.54 bits per heavy atom. The molecule has 0 atom stereocenters. The smallest absolute Gasteiger partial charge is 0.154 e. The number of halogens is 1. The fourth-order valence-electron chi connectivity index (χ4n) is 1.31. The van der Waals surface area contributed by atoms with Crippen molar-refractivity contribution in [3.8, 4) is 0 Å². The molecule has 0 aliphatic carbocycles. The number of hydrogen-bond acceptors (Lipinski definition) is 4. The molecule has 0 saturated carbocycles. The second kappa shape index (κ2) is 4.21. The summed E-state index contributed by atoms with van der Waals surface area (Å²) in [6, 6.07) is 1.86. The van der Waals surface area contributed by atoms with Gasteiger partial charge in [0.05, 0.1) is 13.2 Å². The second-order valence-corrected chi connectivity index (χ2v) is 3.83. The van der Waals surface area contributed by atoms with Crippen LogP contribution in [-0.4, -0.2) is 23.4 Å². The summed E-state index contributed by atoms with van der Waals surface area (Å²) < 4.78 is 5.78. The van der Waals surface area contributed by atoms with Crippen molar-refractivity contribution in [1.82, 2.24) is 10.2 Å². The Labute approximate surface area is 84.9 Å². The van der Waals surface area contributed by atoms with Crippen LogP contribution in [0, 0.1) is 0 Å². The first-order valence-electron chi connectivity index (χ1n) is 4.33. The highest BCUT2D eigenvalue weighted by Crippen LogP contribution is 2.14. The molecular weight excluding hydrogens is 236 g/mol. The van der Waals surface area contributed by atoms with Crippen LogP contribution >= 0.6 is 15.9 Å². The summed E-state index contributed by atoms with van der Waals surface area (Å²) in [5.74, 6) is 0.828. The highest BCUT2D eigenvalue weighted by Gasteiger charge is 2.13. The van der Waals surface area contributed by atoms with Gasteiger partial charge in [0.15, 0.2) is 5.76 Å². The van der Waals surface area contributed by atoms with Crippen molar-refractivity contribution in [3.63, 3.8) is 0 Å². The van der Waals surface area contributed by atoms with E-state index in [1.54, 1.807) is 0 Å². The Bertz CT molecular complexity index is 271. The molecule has 1 saturated heterocycles. The van der Waals surface area contributed by atoms with Gasteiger partial charge < -0.3 is 4.52 Å². The van der Waals surface area contributed by atoms with E-state index >= 15 is 0 Å². The molecule has 2 heterocycles. The zero-order valence-corrected chi connectivity index (χ0v) is 8.79. The third kappa shape index (κ3) is 2.52. The standard InChI is InChI=1S/C8H11BrN2O2/c9-8-5-7(13-10-8)6-11-3-1-2-4-12-11/h5H,1-4,6H2. The van der Waals surface area contributed by atoms with Gasteiger partial charge >= 0.3 is 0 Å². The molecule has 4 nitrogen and oxygen atoms in total. The van der Waals surface area contributed by atoms with Gasteiger partial charge in [-0.25, -0.2) is 0 Å². The van der Waals surface area contributed by atoms with Crippen molar-refractivity contribution >= 4 is 15.9 Å². The van der Waals surface area contributed by atoms with Gasteiger partial charge in [-0.05, 0) is 28.8 Å². The Morgan fingerprint density at radius 3 is 3.08 bits per heavy atom. The highest BCUT2D eigenvalue weighted by molar-refractivity contribution is 9.10. The molecule has 1 aliphatic heterocycles. The molecule has 0 amide bonds. The fraction of sp³-hybridized carbons (Fsp3) is 0.625. The third-order valence-electron chi connectivity index (χ3n) is 1.94. The average molecular weight is 247 g/mol. The minimum atomic E-state index is 0.679. The molecule has 0 bridgehead atoms. The Balaban J connectivity index is 1.89. The fourth-order valence-corrected chi connectivity index (χ4v) is 1.64. The molecule has 72 valence electrons. The number of nitrogens with zero attached hydrogens (tertiary/aromatic N) is 2. The largest absolute Gasteiger partial charge is 0.359 e. The first-order chi connectivity index (χ1) is 6.34. The van der Waals surface area contributed by atoms with E-state index in [4.69, 9.17) is 9.36 Å². The lowest BCUT2D eigenvalue weighted by atomic mass is 10.3. The number of hydrogen-bond donors (Lipinski definition) is 0. The molecule has 0 unspecified atom stereocenters. The number of aromatic nitrogens is 1. The summed E-state index contributed by atoms with van der Waals surface area (Å²) in [4.78, 5) is 5.42. The van der Waals surface area contributed by atoms with Crippen LogP contribution in [0.2, 0.25) is 0 Å². The first-order valence-corrected chi connectivity index (χ1v) is 5.13. The summed E-state index contributed by atoms with van der Waals surface area (Å²) in [7, 11) is 0. The summed E-state index contributed by atoms with van der Waals surface area (Å²) in [6.07, 6.45) is 2.34. The lowest BCUT2D eigenvalue weighted by Gasteiger charge is -2.24. The molecule has 1 aromatic heterocycles. The topological polar surface area (TPSA) is 38.5 Å². The molecule has 0 spiro atoms. The second-order valence-electron chi connectivity index (χ2n) is 3.02. The summed E-state index contributed by atoms with van der Waals surface area (Å²) >= 11 is 3.23. The van der Waals surface area contributed by atoms with E-state index in [0.29, 0.717) is 6.54 Å². The predicted octanol–water partition coefficient (Wildman–Crippen LogP) is 1.96. The van der Waals surface area contributed by atoms with Crippen molar-refractivity contribution in [3.05, 3.63) is 16.4 Å². The molecule has 5 heteroatoms. The molecule has 0 radical (unpaired) electrons. The summed E-state index contributed by atoms with van der Waals surface area (Å²) in [5, 5.41) is 5.65. The van der Waals surface area contributed by atoms with Crippen molar-refractivity contribution in [2.24, 2.45) is 0 Å². The molecular formula is C8H11BrN2O2. The van der Waals surface area contributed by atoms with E-state index in [2.05, 4.69) is 21.1 Å². The van der Waals surface area contributed by atoms with Crippen LogP contribution in [0.15, 0.2) is 15.2 Å². The lowest BCUT2D eigenvalue weighted by Crippen LogP contribution is -2.29. The SMILES string of the molecule is Brc1cc(CN2CCCCO2)on1. The zero-order chi connectivity index (χ0) is 9.10. The molecule has 2 rings (SSSR count). The van der Waals surface area contributed by atoms with Crippen LogP contribution in [0.1, 0.15) is 18.6 Å². The van der Waals surface area contributed by atoms with E-state index < -0.39 is 0 Å². The maximum absolute atomic E-state index is 5.42. The number of rotatable bonds is 2. The van der Waals surface area contributed by atoms with Crippen molar-refractivity contribution in [1.29, 1.82) is 0 Å². The van der Waals surface area contributed by atoms with Gasteiger partial charge in [-0.15, -0.1) is 0 Å². The lowest BCUT2D eigenvalue weighted by molar-refractivity contribution is -0.190. The van der Waals surface area contributed by atoms with Gasteiger partial charge in [-0.3, -0.25) is 4.84 Å². The van der Waals surface area contributed by atoms with Gasteiger partial charge in [-0.2, -0.15) is 5.06 Å². The van der Waals surface area contributed by atoms with Crippen LogP contribution in [0.4, 0.5) is 0 Å². The van der Waals surface area contributed by atoms with Crippen molar-refractivity contribution in [2.75, 3.05) is 13.2 Å². The maximum Gasteiger partial charge on any atom is 0.154 e. The number of hydroxylamine groups is 2. The van der Waals surface area contributed by atoms with E-state index in [0.717, 1.165) is 29.9 Å².